The average Bonchev–Trinajstić information content (AvgIpc) is 3.45. The van der Waals surface area contributed by atoms with Crippen LogP contribution in [0.4, 0.5) is 0 Å². The molecule has 0 amide bonds. The Bertz CT molecular complexity index is 2540. The minimum atomic E-state index is -0.395. The van der Waals surface area contributed by atoms with Crippen LogP contribution in [0.5, 0.6) is 0 Å². The Morgan fingerprint density at radius 1 is 0.462 bits per heavy atom. The second-order valence-electron chi connectivity index (χ2n) is 9.92. The maximum atomic E-state index is 9.11. The van der Waals surface area contributed by atoms with E-state index in [-0.39, 0.29) is 58.6 Å². The number of fused-ring (bicyclic) bond motifs is 6. The number of rotatable bonds is 4. The molecule has 8 rings (SSSR count). The molecule has 0 fully saturated rings. The van der Waals surface area contributed by atoms with Gasteiger partial charge in [-0.2, -0.15) is 0 Å². The predicted molar refractivity (Wildman–Crippen MR) is 165 cm³/mol. The monoisotopic (exact) mass is 506 g/mol. The average molecular weight is 507 g/mol. The van der Waals surface area contributed by atoms with Gasteiger partial charge in [-0.25, -0.2) is 0 Å². The molecule has 0 saturated carbocycles. The highest BCUT2D eigenvalue weighted by molar-refractivity contribution is 6.07. The van der Waals surface area contributed by atoms with Crippen LogP contribution in [0.25, 0.3) is 54.3 Å². The summed E-state index contributed by atoms with van der Waals surface area (Å²) < 4.78 is 77.0. The van der Waals surface area contributed by atoms with Crippen molar-refractivity contribution in [3.8, 4) is 0 Å². The van der Waals surface area contributed by atoms with Gasteiger partial charge in [-0.1, -0.05) is 121 Å². The van der Waals surface area contributed by atoms with Gasteiger partial charge in [0.2, 0.25) is 0 Å². The zero-order valence-corrected chi connectivity index (χ0v) is 20.9. The Hall–Kier alpha value is -4.88. The maximum absolute atomic E-state index is 9.11. The summed E-state index contributed by atoms with van der Waals surface area (Å²) in [5, 5.41) is 5.01. The van der Waals surface area contributed by atoms with Crippen LogP contribution in [0.1, 0.15) is 33.2 Å². The molecular weight excluding hydrogens is 472 g/mol. The molecule has 7 aromatic carbocycles. The third-order valence-corrected chi connectivity index (χ3v) is 7.60. The van der Waals surface area contributed by atoms with Crippen molar-refractivity contribution in [2.75, 3.05) is 0 Å². The van der Waals surface area contributed by atoms with Crippen LogP contribution in [0, 0.1) is 0 Å². The summed E-state index contributed by atoms with van der Waals surface area (Å²) in [7, 11) is 0. The van der Waals surface area contributed by atoms with Crippen molar-refractivity contribution >= 4 is 54.3 Å². The first-order valence-corrected chi connectivity index (χ1v) is 13.0. The largest absolute Gasteiger partial charge is 0.456 e. The van der Waals surface area contributed by atoms with Crippen LogP contribution in [0.2, 0.25) is 0 Å². The summed E-state index contributed by atoms with van der Waals surface area (Å²) >= 11 is 0. The van der Waals surface area contributed by atoms with Crippen molar-refractivity contribution in [1.82, 2.24) is 0 Å². The minimum Gasteiger partial charge on any atom is -0.456 e. The molecule has 1 aromatic heterocycles. The molecule has 1 nitrogen and oxygen atoms in total. The standard InChI is InChI=1S/C38H26O/c1-2-10-28-21-25(17-19-27(28)9-1)22-35-29-11-3-5-13-31(29)36(32-14-6-4-12-30(32)35)23-26-18-20-34-33-15-7-8-16-37(33)39-38(34)24-26/h1-21,24H,22-23H2/i3D,4D,5D,6D,11D,12D,13D,14D. The van der Waals surface area contributed by atoms with E-state index in [9.17, 15) is 0 Å². The second-order valence-corrected chi connectivity index (χ2v) is 9.92. The molecule has 0 radical (unpaired) electrons. The van der Waals surface area contributed by atoms with Crippen LogP contribution in [0.3, 0.4) is 0 Å². The van der Waals surface area contributed by atoms with E-state index in [0.29, 0.717) is 16.7 Å². The molecule has 1 heterocycles. The molecule has 0 saturated heterocycles. The lowest BCUT2D eigenvalue weighted by atomic mass is 9.86. The summed E-state index contributed by atoms with van der Waals surface area (Å²) in [5.74, 6) is 0. The van der Waals surface area contributed by atoms with Gasteiger partial charge in [-0.05, 0) is 79.5 Å². The first kappa shape index (κ1) is 15.5. The van der Waals surface area contributed by atoms with Gasteiger partial charge in [0.1, 0.15) is 11.2 Å². The molecule has 0 spiro atoms. The first-order valence-electron chi connectivity index (χ1n) is 17.0. The number of hydrogen-bond donors (Lipinski definition) is 0. The lowest BCUT2D eigenvalue weighted by Gasteiger charge is -2.17. The molecule has 184 valence electrons. The maximum Gasteiger partial charge on any atom is 0.135 e. The van der Waals surface area contributed by atoms with E-state index in [1.54, 1.807) is 0 Å². The fraction of sp³-hybridized carbons (Fsp3) is 0.0526. The van der Waals surface area contributed by atoms with Crippen molar-refractivity contribution in [2.24, 2.45) is 0 Å². The zero-order valence-electron chi connectivity index (χ0n) is 28.9. The van der Waals surface area contributed by atoms with Gasteiger partial charge in [0.15, 0.2) is 0 Å². The molecule has 0 aliphatic rings. The topological polar surface area (TPSA) is 13.1 Å². The highest BCUT2D eigenvalue weighted by Crippen LogP contribution is 2.37. The lowest BCUT2D eigenvalue weighted by Crippen LogP contribution is -1.98. The van der Waals surface area contributed by atoms with Crippen molar-refractivity contribution in [2.45, 2.75) is 12.8 Å². The van der Waals surface area contributed by atoms with Crippen LogP contribution in [0.15, 0.2) is 138 Å². The summed E-state index contributed by atoms with van der Waals surface area (Å²) in [6.45, 7) is 0. The Morgan fingerprint density at radius 2 is 1.00 bits per heavy atom. The van der Waals surface area contributed by atoms with E-state index in [1.807, 2.05) is 84.9 Å². The van der Waals surface area contributed by atoms with E-state index in [2.05, 4.69) is 0 Å². The first-order chi connectivity index (χ1) is 22.6. The number of furan rings is 1. The molecular formula is C38H26O. The normalized spacial score (nSPS) is 14.7. The third-order valence-electron chi connectivity index (χ3n) is 7.60. The van der Waals surface area contributed by atoms with Gasteiger partial charge >= 0.3 is 0 Å². The minimum absolute atomic E-state index is 0.153. The van der Waals surface area contributed by atoms with Crippen molar-refractivity contribution in [1.29, 1.82) is 0 Å². The summed E-state index contributed by atoms with van der Waals surface area (Å²) in [5.41, 5.74) is 3.91. The van der Waals surface area contributed by atoms with E-state index in [4.69, 9.17) is 15.4 Å². The van der Waals surface area contributed by atoms with Crippen LogP contribution in [-0.2, 0) is 12.8 Å². The Kier molecular flexibility index (Phi) is 3.52. The fourth-order valence-electron chi connectivity index (χ4n) is 5.77. The molecule has 0 unspecified atom stereocenters. The van der Waals surface area contributed by atoms with E-state index < -0.39 is 24.2 Å². The molecule has 0 atom stereocenters. The lowest BCUT2D eigenvalue weighted by molar-refractivity contribution is 0.668. The second kappa shape index (κ2) is 8.85. The SMILES string of the molecule is [2H]c1c([2H])c([2H])c2c(Cc3ccc4c(c3)oc3ccccc34)c3c([2H])c([2H])c([2H])c([2H])c3c(Cc3ccc4ccccc4c3)c2c1[2H]. The Balaban J connectivity index is 1.47. The van der Waals surface area contributed by atoms with Crippen LogP contribution >= 0.6 is 0 Å². The summed E-state index contributed by atoms with van der Waals surface area (Å²) in [4.78, 5) is 0. The number of hydrogen-bond acceptors (Lipinski definition) is 1. The van der Waals surface area contributed by atoms with E-state index in [0.717, 1.165) is 38.3 Å². The summed E-state index contributed by atoms with van der Waals surface area (Å²) in [6.07, 6.45) is 0.355. The van der Waals surface area contributed by atoms with Gasteiger partial charge in [-0.15, -0.1) is 0 Å². The van der Waals surface area contributed by atoms with Gasteiger partial charge < -0.3 is 4.42 Å². The number of para-hydroxylation sites is 1. The molecule has 0 aliphatic carbocycles. The van der Waals surface area contributed by atoms with Crippen LogP contribution < -0.4 is 0 Å². The zero-order chi connectivity index (χ0) is 32.7. The Morgan fingerprint density at radius 3 is 1.69 bits per heavy atom. The number of benzene rings is 7. The highest BCUT2D eigenvalue weighted by atomic mass is 16.3. The predicted octanol–water partition coefficient (Wildman–Crippen LogP) is 10.2. The molecule has 39 heavy (non-hydrogen) atoms. The molecule has 0 bridgehead atoms. The Labute approximate surface area is 238 Å². The van der Waals surface area contributed by atoms with E-state index in [1.165, 1.54) is 0 Å². The summed E-state index contributed by atoms with van der Waals surface area (Å²) in [6, 6.07) is 24.9. The van der Waals surface area contributed by atoms with Gasteiger partial charge in [0.05, 0.1) is 11.0 Å². The fourth-order valence-corrected chi connectivity index (χ4v) is 5.77. The molecule has 1 heteroatoms. The highest BCUT2D eigenvalue weighted by Gasteiger charge is 2.16. The van der Waals surface area contributed by atoms with Gasteiger partial charge in [0.25, 0.3) is 0 Å². The van der Waals surface area contributed by atoms with Crippen molar-refractivity contribution < 1.29 is 15.4 Å². The third kappa shape index (κ3) is 3.70. The van der Waals surface area contributed by atoms with Crippen LogP contribution in [-0.4, -0.2) is 0 Å². The molecule has 0 N–H and O–H groups in total. The van der Waals surface area contributed by atoms with Crippen molar-refractivity contribution in [3.05, 3.63) is 156 Å². The van der Waals surface area contributed by atoms with Crippen molar-refractivity contribution in [3.63, 3.8) is 0 Å². The van der Waals surface area contributed by atoms with Gasteiger partial charge in [0, 0.05) is 10.8 Å². The smallest absolute Gasteiger partial charge is 0.135 e. The van der Waals surface area contributed by atoms with E-state index >= 15 is 0 Å². The van der Waals surface area contributed by atoms with Gasteiger partial charge in [-0.3, -0.25) is 0 Å². The molecule has 8 aromatic rings. The quantitative estimate of drug-likeness (QED) is 0.216. The molecule has 0 aliphatic heterocycles.